The van der Waals surface area contributed by atoms with Crippen LogP contribution in [0.2, 0.25) is 0 Å². The number of anilines is 1. The van der Waals surface area contributed by atoms with Gasteiger partial charge in [-0.1, -0.05) is 6.07 Å². The standard InChI is InChI=1S/C18H17N5O3/c24-17-11-22(9-14-10-23-6-2-1-3-16(23)19-14)8-13-7-12(18(25)21-26)4-5-15(13)20-17/h1-7,10,26H,8-9,11H2,(H,20,24)(H,21,25). The van der Waals surface area contributed by atoms with Gasteiger partial charge in [0.05, 0.1) is 12.2 Å². The lowest BCUT2D eigenvalue weighted by atomic mass is 10.1. The van der Waals surface area contributed by atoms with Crippen molar-refractivity contribution in [3.8, 4) is 0 Å². The fourth-order valence-electron chi connectivity index (χ4n) is 3.15. The van der Waals surface area contributed by atoms with Gasteiger partial charge in [0, 0.05) is 36.7 Å². The van der Waals surface area contributed by atoms with Crippen LogP contribution in [-0.2, 0) is 17.9 Å². The molecule has 3 heterocycles. The van der Waals surface area contributed by atoms with E-state index < -0.39 is 5.91 Å². The quantitative estimate of drug-likeness (QED) is 0.489. The molecule has 0 atom stereocenters. The number of aromatic nitrogens is 2. The highest BCUT2D eigenvalue weighted by molar-refractivity contribution is 5.97. The fourth-order valence-corrected chi connectivity index (χ4v) is 3.15. The van der Waals surface area contributed by atoms with Gasteiger partial charge in [-0.05, 0) is 35.9 Å². The van der Waals surface area contributed by atoms with E-state index in [1.807, 2.05) is 39.9 Å². The number of hydrogen-bond donors (Lipinski definition) is 3. The maximum Gasteiger partial charge on any atom is 0.274 e. The SMILES string of the molecule is O=C1CN(Cc2cn3ccccc3n2)Cc2cc(C(=O)NO)ccc2N1. The van der Waals surface area contributed by atoms with Crippen molar-refractivity contribution < 1.29 is 14.8 Å². The average Bonchev–Trinajstić information content (AvgIpc) is 2.96. The van der Waals surface area contributed by atoms with E-state index in [4.69, 9.17) is 5.21 Å². The summed E-state index contributed by atoms with van der Waals surface area (Å²) in [5.41, 5.74) is 5.14. The summed E-state index contributed by atoms with van der Waals surface area (Å²) in [6.45, 7) is 1.21. The first kappa shape index (κ1) is 16.2. The molecule has 0 bridgehead atoms. The van der Waals surface area contributed by atoms with Gasteiger partial charge in [-0.15, -0.1) is 0 Å². The fraction of sp³-hybridized carbons (Fsp3) is 0.167. The van der Waals surface area contributed by atoms with Crippen molar-refractivity contribution in [3.63, 3.8) is 0 Å². The topological polar surface area (TPSA) is 99.0 Å². The summed E-state index contributed by atoms with van der Waals surface area (Å²) >= 11 is 0. The third-order valence-corrected chi connectivity index (χ3v) is 4.30. The number of nitrogens with zero attached hydrogens (tertiary/aromatic N) is 3. The van der Waals surface area contributed by atoms with Gasteiger partial charge < -0.3 is 9.72 Å². The molecule has 0 unspecified atom stereocenters. The third-order valence-electron chi connectivity index (χ3n) is 4.30. The summed E-state index contributed by atoms with van der Waals surface area (Å²) < 4.78 is 1.94. The minimum absolute atomic E-state index is 0.119. The third kappa shape index (κ3) is 3.15. The number of carbonyl (C=O) groups excluding carboxylic acids is 2. The number of hydroxylamine groups is 1. The van der Waals surface area contributed by atoms with Crippen molar-refractivity contribution in [2.75, 3.05) is 11.9 Å². The van der Waals surface area contributed by atoms with E-state index in [-0.39, 0.29) is 12.5 Å². The molecule has 2 aromatic heterocycles. The lowest BCUT2D eigenvalue weighted by Crippen LogP contribution is -2.29. The van der Waals surface area contributed by atoms with Gasteiger partial charge in [-0.25, -0.2) is 10.5 Å². The highest BCUT2D eigenvalue weighted by atomic mass is 16.5. The molecule has 8 heteroatoms. The zero-order valence-electron chi connectivity index (χ0n) is 13.8. The van der Waals surface area contributed by atoms with E-state index in [1.165, 1.54) is 0 Å². The van der Waals surface area contributed by atoms with E-state index >= 15 is 0 Å². The van der Waals surface area contributed by atoms with Crippen LogP contribution in [0.4, 0.5) is 5.69 Å². The molecule has 1 aromatic carbocycles. The summed E-state index contributed by atoms with van der Waals surface area (Å²) in [6.07, 6.45) is 3.87. The molecule has 2 amide bonds. The molecular weight excluding hydrogens is 334 g/mol. The van der Waals surface area contributed by atoms with Crippen molar-refractivity contribution in [2.24, 2.45) is 0 Å². The lowest BCUT2D eigenvalue weighted by Gasteiger charge is -2.17. The highest BCUT2D eigenvalue weighted by Gasteiger charge is 2.21. The van der Waals surface area contributed by atoms with Crippen molar-refractivity contribution in [1.82, 2.24) is 19.8 Å². The second-order valence-corrected chi connectivity index (χ2v) is 6.20. The first-order valence-corrected chi connectivity index (χ1v) is 8.14. The molecule has 1 aliphatic heterocycles. The average molecular weight is 351 g/mol. The molecule has 3 aromatic rings. The number of pyridine rings is 1. The molecule has 0 radical (unpaired) electrons. The maximum absolute atomic E-state index is 12.2. The Labute approximate surface area is 149 Å². The Balaban J connectivity index is 1.61. The number of hydrogen-bond acceptors (Lipinski definition) is 5. The normalized spacial score (nSPS) is 14.6. The summed E-state index contributed by atoms with van der Waals surface area (Å²) in [4.78, 5) is 30.4. The second kappa shape index (κ2) is 6.58. The van der Waals surface area contributed by atoms with Crippen LogP contribution >= 0.6 is 0 Å². The Bertz CT molecular complexity index is 964. The van der Waals surface area contributed by atoms with Crippen molar-refractivity contribution in [1.29, 1.82) is 0 Å². The van der Waals surface area contributed by atoms with Gasteiger partial charge in [-0.3, -0.25) is 19.7 Å². The first-order valence-electron chi connectivity index (χ1n) is 8.14. The van der Waals surface area contributed by atoms with Crippen LogP contribution in [-0.4, -0.2) is 37.9 Å². The number of imidazole rings is 1. The molecule has 8 nitrogen and oxygen atoms in total. The number of benzene rings is 1. The van der Waals surface area contributed by atoms with Crippen LogP contribution in [0.15, 0.2) is 48.8 Å². The predicted molar refractivity (Wildman–Crippen MR) is 93.6 cm³/mol. The zero-order chi connectivity index (χ0) is 18.1. The summed E-state index contributed by atoms with van der Waals surface area (Å²) in [6, 6.07) is 10.7. The molecule has 0 aliphatic carbocycles. The summed E-state index contributed by atoms with van der Waals surface area (Å²) in [5, 5.41) is 11.7. The van der Waals surface area contributed by atoms with E-state index in [2.05, 4.69) is 10.3 Å². The highest BCUT2D eigenvalue weighted by Crippen LogP contribution is 2.23. The van der Waals surface area contributed by atoms with Crippen molar-refractivity contribution in [3.05, 3.63) is 65.6 Å². The molecule has 4 rings (SSSR count). The van der Waals surface area contributed by atoms with Crippen LogP contribution in [0.25, 0.3) is 5.65 Å². The number of amides is 2. The largest absolute Gasteiger partial charge is 0.325 e. The Kier molecular flexibility index (Phi) is 4.11. The number of nitrogens with one attached hydrogen (secondary N) is 2. The van der Waals surface area contributed by atoms with E-state index in [1.54, 1.807) is 23.7 Å². The number of carbonyl (C=O) groups is 2. The molecule has 1 aliphatic rings. The molecule has 132 valence electrons. The van der Waals surface area contributed by atoms with Crippen LogP contribution in [0, 0.1) is 0 Å². The lowest BCUT2D eigenvalue weighted by molar-refractivity contribution is -0.117. The van der Waals surface area contributed by atoms with Gasteiger partial charge in [-0.2, -0.15) is 0 Å². The van der Waals surface area contributed by atoms with Crippen LogP contribution < -0.4 is 10.8 Å². The minimum Gasteiger partial charge on any atom is -0.325 e. The van der Waals surface area contributed by atoms with E-state index in [0.29, 0.717) is 24.3 Å². The smallest absolute Gasteiger partial charge is 0.274 e. The van der Waals surface area contributed by atoms with Gasteiger partial charge in [0.1, 0.15) is 5.65 Å². The number of rotatable bonds is 3. The van der Waals surface area contributed by atoms with E-state index in [9.17, 15) is 9.59 Å². The molecule has 0 saturated heterocycles. The Morgan fingerprint density at radius 3 is 2.96 bits per heavy atom. The zero-order valence-corrected chi connectivity index (χ0v) is 13.8. The van der Waals surface area contributed by atoms with Crippen LogP contribution in [0.5, 0.6) is 0 Å². The second-order valence-electron chi connectivity index (χ2n) is 6.20. The molecule has 3 N–H and O–H groups in total. The van der Waals surface area contributed by atoms with Gasteiger partial charge in [0.25, 0.3) is 5.91 Å². The molecular formula is C18H17N5O3. The molecule has 0 saturated carbocycles. The van der Waals surface area contributed by atoms with Crippen molar-refractivity contribution in [2.45, 2.75) is 13.1 Å². The Hall–Kier alpha value is -3.23. The van der Waals surface area contributed by atoms with E-state index in [0.717, 1.165) is 16.9 Å². The maximum atomic E-state index is 12.2. The van der Waals surface area contributed by atoms with Gasteiger partial charge >= 0.3 is 0 Å². The summed E-state index contributed by atoms with van der Waals surface area (Å²) in [5.74, 6) is -0.706. The monoisotopic (exact) mass is 351 g/mol. The van der Waals surface area contributed by atoms with Crippen LogP contribution in [0.1, 0.15) is 21.6 Å². The molecule has 0 spiro atoms. The van der Waals surface area contributed by atoms with Crippen LogP contribution in [0.3, 0.4) is 0 Å². The Morgan fingerprint density at radius 2 is 2.15 bits per heavy atom. The molecule has 26 heavy (non-hydrogen) atoms. The molecule has 0 fully saturated rings. The number of fused-ring (bicyclic) bond motifs is 2. The summed E-state index contributed by atoms with van der Waals surface area (Å²) in [7, 11) is 0. The van der Waals surface area contributed by atoms with Crippen molar-refractivity contribution >= 4 is 23.1 Å². The first-order chi connectivity index (χ1) is 12.6. The van der Waals surface area contributed by atoms with Gasteiger partial charge in [0.2, 0.25) is 5.91 Å². The Morgan fingerprint density at radius 1 is 1.27 bits per heavy atom. The predicted octanol–water partition coefficient (Wildman–Crippen LogP) is 1.41. The van der Waals surface area contributed by atoms with Gasteiger partial charge in [0.15, 0.2) is 0 Å². The minimum atomic E-state index is -0.588.